The van der Waals surface area contributed by atoms with E-state index >= 15 is 0 Å². The molecule has 5 N–H and O–H groups in total. The number of aliphatic hydroxyl groups is 1. The summed E-state index contributed by atoms with van der Waals surface area (Å²) in [6, 6.07) is 18.2. The van der Waals surface area contributed by atoms with E-state index in [2.05, 4.69) is 30.5 Å². The molecule has 0 saturated carbocycles. The molecule has 1 atom stereocenters. The largest absolute Gasteiger partial charge is 0.508 e. The number of benzene rings is 3. The fraction of sp³-hybridized carbons (Fsp3) is 0.345. The fourth-order valence-electron chi connectivity index (χ4n) is 4.17. The minimum atomic E-state index is -0.876. The van der Waals surface area contributed by atoms with Crippen molar-refractivity contribution >= 4 is 5.91 Å². The number of hydrogen-bond acceptors (Lipinski definition) is 5. The van der Waals surface area contributed by atoms with E-state index in [1.54, 1.807) is 0 Å². The second kappa shape index (κ2) is 11.4. The molecule has 6 nitrogen and oxygen atoms in total. The van der Waals surface area contributed by atoms with Crippen molar-refractivity contribution in [3.63, 3.8) is 0 Å². The number of nitrogens with one attached hydrogen (secondary N) is 2. The van der Waals surface area contributed by atoms with Gasteiger partial charge in [0.2, 0.25) is 5.91 Å². The average molecular weight is 477 g/mol. The molecular weight excluding hydrogens is 440 g/mol. The van der Waals surface area contributed by atoms with Crippen molar-refractivity contribution in [2.45, 2.75) is 58.7 Å². The van der Waals surface area contributed by atoms with Gasteiger partial charge in [0.05, 0.1) is 12.5 Å². The van der Waals surface area contributed by atoms with Gasteiger partial charge >= 0.3 is 0 Å². The third kappa shape index (κ3) is 7.84. The molecule has 0 aliphatic heterocycles. The van der Waals surface area contributed by atoms with E-state index in [1.165, 1.54) is 29.3 Å². The van der Waals surface area contributed by atoms with Crippen molar-refractivity contribution in [1.29, 1.82) is 0 Å². The first-order valence-corrected chi connectivity index (χ1v) is 11.9. The van der Waals surface area contributed by atoms with E-state index in [9.17, 15) is 20.1 Å². The smallest absolute Gasteiger partial charge is 0.224 e. The van der Waals surface area contributed by atoms with Crippen LogP contribution >= 0.6 is 0 Å². The van der Waals surface area contributed by atoms with Gasteiger partial charge in [0.25, 0.3) is 0 Å². The lowest BCUT2D eigenvalue weighted by Gasteiger charge is -2.28. The van der Waals surface area contributed by atoms with Crippen molar-refractivity contribution in [3.8, 4) is 11.5 Å². The van der Waals surface area contributed by atoms with Gasteiger partial charge in [-0.15, -0.1) is 0 Å². The van der Waals surface area contributed by atoms with Crippen molar-refractivity contribution in [3.05, 3.63) is 94.0 Å². The van der Waals surface area contributed by atoms with Crippen LogP contribution in [0, 0.1) is 13.8 Å². The summed E-state index contributed by atoms with van der Waals surface area (Å²) in [6.07, 6.45) is 0.134. The SMILES string of the molecule is Cc1cccc(CNC(=O)Cc2cccc(CC(C)(C)NC[C@H](O)c3cc(O)cc(O)c3)c2)c1C. The molecule has 0 radical (unpaired) electrons. The Hall–Kier alpha value is -3.35. The molecule has 0 unspecified atom stereocenters. The van der Waals surface area contributed by atoms with E-state index in [-0.39, 0.29) is 29.5 Å². The standard InChI is InChI=1S/C29H36N2O4/c1-19-7-5-10-23(20(19)2)17-30-28(35)12-21-8-6-9-22(11-21)16-29(3,4)31-18-27(34)24-13-25(32)15-26(33)14-24/h5-11,13-15,27,31-34H,12,16-18H2,1-4H3,(H,30,35)/t27-/m0/s1. The second-order valence-corrected chi connectivity index (χ2v) is 9.87. The van der Waals surface area contributed by atoms with E-state index in [4.69, 9.17) is 0 Å². The van der Waals surface area contributed by atoms with Crippen molar-refractivity contribution in [2.75, 3.05) is 6.54 Å². The highest BCUT2D eigenvalue weighted by Crippen LogP contribution is 2.25. The molecule has 0 saturated heterocycles. The van der Waals surface area contributed by atoms with Gasteiger partial charge in [-0.2, -0.15) is 0 Å². The molecule has 0 fully saturated rings. The summed E-state index contributed by atoms with van der Waals surface area (Å²) in [7, 11) is 0. The maximum atomic E-state index is 12.6. The Labute approximate surface area is 207 Å². The van der Waals surface area contributed by atoms with Gasteiger partial charge in [-0.1, -0.05) is 42.5 Å². The van der Waals surface area contributed by atoms with Crippen LogP contribution in [0.4, 0.5) is 0 Å². The first-order chi connectivity index (χ1) is 16.5. The number of amides is 1. The Kier molecular flexibility index (Phi) is 8.54. The first kappa shape index (κ1) is 26.3. The zero-order chi connectivity index (χ0) is 25.6. The van der Waals surface area contributed by atoms with E-state index in [0.717, 1.165) is 16.7 Å². The van der Waals surface area contributed by atoms with Crippen molar-refractivity contribution < 1.29 is 20.1 Å². The molecule has 3 aromatic carbocycles. The Morgan fingerprint density at radius 1 is 0.943 bits per heavy atom. The summed E-state index contributed by atoms with van der Waals surface area (Å²) >= 11 is 0. The zero-order valence-electron chi connectivity index (χ0n) is 20.9. The Morgan fingerprint density at radius 2 is 1.60 bits per heavy atom. The maximum absolute atomic E-state index is 12.6. The van der Waals surface area contributed by atoms with Crippen LogP contribution in [0.25, 0.3) is 0 Å². The van der Waals surface area contributed by atoms with Crippen LogP contribution in [0.5, 0.6) is 11.5 Å². The normalized spacial score (nSPS) is 12.4. The molecule has 0 aromatic heterocycles. The van der Waals surface area contributed by atoms with Crippen LogP contribution in [0.15, 0.2) is 60.7 Å². The number of aryl methyl sites for hydroxylation is 1. The highest BCUT2D eigenvalue weighted by Gasteiger charge is 2.21. The number of carbonyl (C=O) groups is 1. The molecule has 35 heavy (non-hydrogen) atoms. The van der Waals surface area contributed by atoms with E-state index < -0.39 is 6.10 Å². The minimum Gasteiger partial charge on any atom is -0.508 e. The average Bonchev–Trinajstić information content (AvgIpc) is 2.78. The van der Waals surface area contributed by atoms with Crippen LogP contribution in [-0.2, 0) is 24.2 Å². The predicted molar refractivity (Wildman–Crippen MR) is 138 cm³/mol. The third-order valence-electron chi connectivity index (χ3n) is 6.28. The monoisotopic (exact) mass is 476 g/mol. The summed E-state index contributed by atoms with van der Waals surface area (Å²) < 4.78 is 0. The summed E-state index contributed by atoms with van der Waals surface area (Å²) in [6.45, 7) is 9.01. The number of aliphatic hydroxyl groups excluding tert-OH is 1. The highest BCUT2D eigenvalue weighted by atomic mass is 16.3. The van der Waals surface area contributed by atoms with Crippen molar-refractivity contribution in [1.82, 2.24) is 10.6 Å². The van der Waals surface area contributed by atoms with Crippen LogP contribution in [0.1, 0.15) is 53.3 Å². The molecule has 0 spiro atoms. The molecule has 186 valence electrons. The van der Waals surface area contributed by atoms with Gasteiger partial charge in [0.1, 0.15) is 11.5 Å². The molecule has 3 rings (SSSR count). The number of carbonyl (C=O) groups excluding carboxylic acids is 1. The van der Waals surface area contributed by atoms with Gasteiger partial charge in [0.15, 0.2) is 0 Å². The Morgan fingerprint density at radius 3 is 2.31 bits per heavy atom. The lowest BCUT2D eigenvalue weighted by atomic mass is 9.93. The van der Waals surface area contributed by atoms with Gasteiger partial charge in [-0.05, 0) is 79.6 Å². The second-order valence-electron chi connectivity index (χ2n) is 9.87. The minimum absolute atomic E-state index is 0.0158. The summed E-state index contributed by atoms with van der Waals surface area (Å²) in [5, 5.41) is 36.2. The number of β-amino-alcohol motifs (C(OH)–C–C–N with tert-alkyl or cyclic N) is 1. The van der Waals surface area contributed by atoms with Crippen LogP contribution in [0.2, 0.25) is 0 Å². The van der Waals surface area contributed by atoms with Crippen LogP contribution in [0.3, 0.4) is 0 Å². The summed E-state index contributed by atoms with van der Waals surface area (Å²) in [5.74, 6) is -0.195. The molecular formula is C29H36N2O4. The number of aromatic hydroxyl groups is 2. The molecule has 1 amide bonds. The van der Waals surface area contributed by atoms with Crippen LogP contribution < -0.4 is 10.6 Å². The van der Waals surface area contributed by atoms with Crippen LogP contribution in [-0.4, -0.2) is 33.3 Å². The molecule has 0 aliphatic carbocycles. The Balaban J connectivity index is 1.54. The van der Waals surface area contributed by atoms with Gasteiger partial charge in [0, 0.05) is 24.7 Å². The Bertz CT molecular complexity index is 1150. The van der Waals surface area contributed by atoms with Gasteiger partial charge in [-0.3, -0.25) is 4.79 Å². The number of hydrogen-bond donors (Lipinski definition) is 5. The fourth-order valence-corrected chi connectivity index (χ4v) is 4.17. The third-order valence-corrected chi connectivity index (χ3v) is 6.28. The topological polar surface area (TPSA) is 102 Å². The molecule has 0 aliphatic rings. The van der Waals surface area contributed by atoms with E-state index in [1.807, 2.05) is 50.2 Å². The quantitative estimate of drug-likeness (QED) is 0.302. The van der Waals surface area contributed by atoms with Gasteiger partial charge < -0.3 is 26.0 Å². The molecule has 3 aromatic rings. The van der Waals surface area contributed by atoms with Crippen molar-refractivity contribution in [2.24, 2.45) is 0 Å². The molecule has 0 heterocycles. The number of rotatable bonds is 10. The summed E-state index contributed by atoms with van der Waals surface area (Å²) in [4.78, 5) is 12.6. The zero-order valence-corrected chi connectivity index (χ0v) is 20.9. The lowest BCUT2D eigenvalue weighted by molar-refractivity contribution is -0.120. The number of phenolic OH excluding ortho intramolecular Hbond substituents is 2. The predicted octanol–water partition coefficient (Wildman–Crippen LogP) is 4.22. The molecule has 6 heteroatoms. The summed E-state index contributed by atoms with van der Waals surface area (Å²) in [5.41, 5.74) is 5.70. The molecule has 0 bridgehead atoms. The lowest BCUT2D eigenvalue weighted by Crippen LogP contribution is -2.43. The van der Waals surface area contributed by atoms with Gasteiger partial charge in [-0.25, -0.2) is 0 Å². The highest BCUT2D eigenvalue weighted by molar-refractivity contribution is 5.78. The van der Waals surface area contributed by atoms with E-state index in [0.29, 0.717) is 24.9 Å². The number of phenols is 2. The first-order valence-electron chi connectivity index (χ1n) is 11.9. The maximum Gasteiger partial charge on any atom is 0.224 e.